The Balaban J connectivity index is 0.000000298. The van der Waals surface area contributed by atoms with Gasteiger partial charge in [0.15, 0.2) is 0 Å². The number of hydrogen-bond acceptors (Lipinski definition) is 20. The first-order valence-corrected chi connectivity index (χ1v) is 26.4. The van der Waals surface area contributed by atoms with Gasteiger partial charge in [0.1, 0.15) is 44.6 Å². The van der Waals surface area contributed by atoms with E-state index in [1.165, 1.54) is 24.3 Å². The Morgan fingerprint density at radius 1 is 0.533 bits per heavy atom. The molecule has 0 aliphatic rings. The Morgan fingerprint density at radius 3 is 1.09 bits per heavy atom. The number of hydrogen-bond donors (Lipinski definition) is 10. The van der Waals surface area contributed by atoms with E-state index >= 15 is 0 Å². The van der Waals surface area contributed by atoms with Gasteiger partial charge in [0.2, 0.25) is 11.9 Å². The van der Waals surface area contributed by atoms with Crippen molar-refractivity contribution in [2.75, 3.05) is 58.2 Å². The zero-order chi connectivity index (χ0) is 56.0. The van der Waals surface area contributed by atoms with Crippen LogP contribution in [0.3, 0.4) is 0 Å². The number of halogens is 2. The van der Waals surface area contributed by atoms with Crippen LogP contribution in [0.25, 0.3) is 0 Å². The van der Waals surface area contributed by atoms with Gasteiger partial charge in [0, 0.05) is 33.6 Å². The van der Waals surface area contributed by atoms with Gasteiger partial charge in [0.25, 0.3) is 11.8 Å². The van der Waals surface area contributed by atoms with Crippen molar-refractivity contribution in [3.8, 4) is 11.5 Å². The molecule has 0 saturated carbocycles. The van der Waals surface area contributed by atoms with Crippen molar-refractivity contribution in [3.63, 3.8) is 0 Å². The van der Waals surface area contributed by atoms with Crippen LogP contribution in [0.15, 0.2) is 94.7 Å². The molecule has 0 bridgehead atoms. The smallest absolute Gasteiger partial charge is 0.394 e. The van der Waals surface area contributed by atoms with Crippen molar-refractivity contribution in [3.05, 3.63) is 118 Å². The number of carbonyl (C=O) groups excluding carboxylic acids is 2. The summed E-state index contributed by atoms with van der Waals surface area (Å²) in [4.78, 5) is 39.7. The average Bonchev–Trinajstić information content (AvgIpc) is 3.30. The van der Waals surface area contributed by atoms with Gasteiger partial charge in [-0.05, 0) is 121 Å². The maximum absolute atomic E-state index is 13.7. The summed E-state index contributed by atoms with van der Waals surface area (Å²) in [7, 11) is -14.6. The first-order chi connectivity index (χ1) is 34.9. The third kappa shape index (κ3) is 18.8. The number of ether oxygens (including phenoxy) is 2. The normalized spacial score (nSPS) is 11.4. The molecule has 0 unspecified atom stereocenters. The second kappa shape index (κ2) is 25.8. The van der Waals surface area contributed by atoms with E-state index in [1.807, 2.05) is 0 Å². The molecule has 29 heteroatoms. The minimum atomic E-state index is -4.97. The SMILES string of the molecule is CC(C)c1ccc(C(=O)Nc2ccc(OCCCc3c(N)nc(N)nc3N)cc2)cc1S(=O)(=O)F.CC(C)c1ccc(C(=O)Nc2ccc(OCCCc3c(N)nc(N)nc3N)cc2)cc1S(=O)(=O)F.O=S(=O)(O)O. The fourth-order valence-electron chi connectivity index (χ4n) is 6.87. The van der Waals surface area contributed by atoms with Crippen LogP contribution in [0.5, 0.6) is 11.5 Å². The second-order valence-corrected chi connectivity index (χ2v) is 20.2. The highest BCUT2D eigenvalue weighted by Crippen LogP contribution is 2.29. The molecule has 0 fully saturated rings. The fraction of sp³-hybridized carbons (Fsp3) is 0.261. The zero-order valence-corrected chi connectivity index (χ0v) is 43.1. The van der Waals surface area contributed by atoms with Gasteiger partial charge in [-0.1, -0.05) is 39.8 Å². The fourth-order valence-corrected chi connectivity index (χ4v) is 8.58. The van der Waals surface area contributed by atoms with Crippen LogP contribution in [-0.2, 0) is 43.7 Å². The Bertz CT molecular complexity index is 3080. The van der Waals surface area contributed by atoms with E-state index in [9.17, 15) is 34.2 Å². The topological polar surface area (TPSA) is 427 Å². The molecular weight excluding hydrogens is 1050 g/mol. The van der Waals surface area contributed by atoms with Crippen molar-refractivity contribution in [1.29, 1.82) is 0 Å². The van der Waals surface area contributed by atoms with E-state index in [4.69, 9.17) is 61.4 Å². The summed E-state index contributed by atoms with van der Waals surface area (Å²) in [5.74, 6) is 0.559. The molecule has 2 amide bonds. The first kappa shape index (κ1) is 59.6. The highest BCUT2D eigenvalue weighted by Gasteiger charge is 2.23. The minimum Gasteiger partial charge on any atom is -0.494 e. The summed E-state index contributed by atoms with van der Waals surface area (Å²) >= 11 is 0. The zero-order valence-electron chi connectivity index (χ0n) is 40.7. The Labute approximate surface area is 431 Å². The lowest BCUT2D eigenvalue weighted by Gasteiger charge is -2.12. The summed E-state index contributed by atoms with van der Waals surface area (Å²) < 4.78 is 117. The van der Waals surface area contributed by atoms with E-state index in [2.05, 4.69) is 30.6 Å². The molecule has 2 aromatic heterocycles. The van der Waals surface area contributed by atoms with Crippen LogP contribution < -0.4 is 54.5 Å². The van der Waals surface area contributed by atoms with Crippen LogP contribution in [-0.4, -0.2) is 79.3 Å². The molecule has 0 spiro atoms. The van der Waals surface area contributed by atoms with Crippen LogP contribution in [0.2, 0.25) is 0 Å². The minimum absolute atomic E-state index is 0.0210. The van der Waals surface area contributed by atoms with Gasteiger partial charge in [-0.2, -0.15) is 45.2 Å². The van der Waals surface area contributed by atoms with Crippen molar-refractivity contribution in [1.82, 2.24) is 19.9 Å². The maximum Gasteiger partial charge on any atom is 0.394 e. The maximum atomic E-state index is 13.7. The third-order valence-corrected chi connectivity index (χ3v) is 12.2. The molecule has 0 aliphatic heterocycles. The molecule has 0 atom stereocenters. The van der Waals surface area contributed by atoms with Gasteiger partial charge >= 0.3 is 30.8 Å². The van der Waals surface area contributed by atoms with E-state index < -0.39 is 52.5 Å². The lowest BCUT2D eigenvalue weighted by molar-refractivity contribution is 0.101. The third-order valence-electron chi connectivity index (χ3n) is 10.4. The molecule has 16 N–H and O–H groups in total. The lowest BCUT2D eigenvalue weighted by atomic mass is 10.0. The number of nitrogen functional groups attached to an aromatic ring is 6. The van der Waals surface area contributed by atoms with Gasteiger partial charge < -0.3 is 54.5 Å². The molecule has 24 nitrogen and oxygen atoms in total. The summed E-state index contributed by atoms with van der Waals surface area (Å²) in [6, 6.07) is 21.1. The lowest BCUT2D eigenvalue weighted by Crippen LogP contribution is -2.13. The Morgan fingerprint density at radius 2 is 0.827 bits per heavy atom. The molecule has 404 valence electrons. The number of benzene rings is 4. The largest absolute Gasteiger partial charge is 0.494 e. The Kier molecular flexibility index (Phi) is 20.5. The Hall–Kier alpha value is -7.99. The molecule has 6 rings (SSSR count). The van der Waals surface area contributed by atoms with Crippen molar-refractivity contribution in [2.24, 2.45) is 0 Å². The second-order valence-electron chi connectivity index (χ2n) is 16.7. The van der Waals surface area contributed by atoms with E-state index in [0.29, 0.717) is 84.0 Å². The molecular formula is C46H56F2N12O12S3. The van der Waals surface area contributed by atoms with Crippen molar-refractivity contribution in [2.45, 2.75) is 75.0 Å². The molecule has 75 heavy (non-hydrogen) atoms. The first-order valence-electron chi connectivity index (χ1n) is 22.2. The predicted molar refractivity (Wildman–Crippen MR) is 279 cm³/mol. The predicted octanol–water partition coefficient (Wildman–Crippen LogP) is 5.88. The molecule has 0 aliphatic carbocycles. The van der Waals surface area contributed by atoms with Crippen LogP contribution in [0.4, 0.5) is 54.3 Å². The van der Waals surface area contributed by atoms with Gasteiger partial charge in [-0.3, -0.25) is 18.7 Å². The standard InChI is InChI=1S/2C23H27FN6O4S.H2O4S/c2*1-13(2)17-10-5-14(12-19(17)35(24,32)33)22(31)28-15-6-8-16(9-7-15)34-11-3-4-18-20(25)29-23(27)30-21(18)26;1-5(2,3)4/h2*5-10,12-13H,3-4,11H2,1-2H3,(H,28,31)(H6,25,26,27,29,30);(H2,1,2,3,4). The highest BCUT2D eigenvalue weighted by atomic mass is 32.3. The summed E-state index contributed by atoms with van der Waals surface area (Å²) in [5.41, 5.74) is 37.1. The van der Waals surface area contributed by atoms with E-state index in [0.717, 1.165) is 12.1 Å². The molecule has 4 aromatic carbocycles. The van der Waals surface area contributed by atoms with Crippen LogP contribution in [0.1, 0.15) is 95.3 Å². The van der Waals surface area contributed by atoms with Gasteiger partial charge in [-0.15, -0.1) is 7.77 Å². The number of carbonyl (C=O) groups is 2. The summed E-state index contributed by atoms with van der Waals surface area (Å²) in [6.45, 7) is 7.71. The summed E-state index contributed by atoms with van der Waals surface area (Å²) in [5, 5.41) is 5.31. The molecule has 2 heterocycles. The van der Waals surface area contributed by atoms with Crippen molar-refractivity contribution >= 4 is 89.2 Å². The van der Waals surface area contributed by atoms with E-state index in [-0.39, 0.29) is 58.1 Å². The van der Waals surface area contributed by atoms with Gasteiger partial charge in [-0.25, -0.2) is 0 Å². The molecule has 0 radical (unpaired) electrons. The number of nitrogens with one attached hydrogen (secondary N) is 2. The van der Waals surface area contributed by atoms with Crippen LogP contribution in [0, 0.1) is 0 Å². The average molecular weight is 1100 g/mol. The quantitative estimate of drug-likeness (QED) is 0.0272. The number of anilines is 8. The van der Waals surface area contributed by atoms with Crippen molar-refractivity contribution < 1.29 is 61.2 Å². The number of aromatic nitrogens is 4. The van der Waals surface area contributed by atoms with E-state index in [1.54, 1.807) is 76.2 Å². The molecule has 6 aromatic rings. The number of amides is 2. The summed E-state index contributed by atoms with van der Waals surface area (Å²) in [6.07, 6.45) is 2.23. The monoisotopic (exact) mass is 1100 g/mol. The van der Waals surface area contributed by atoms with Gasteiger partial charge in [0.05, 0.1) is 13.2 Å². The molecule has 0 saturated heterocycles. The highest BCUT2D eigenvalue weighted by molar-refractivity contribution is 7.86. The number of nitrogens with zero attached hydrogens (tertiary/aromatic N) is 4. The van der Waals surface area contributed by atoms with Crippen LogP contribution >= 0.6 is 0 Å². The number of nitrogens with two attached hydrogens (primary N) is 6. The number of rotatable bonds is 18.